The Balaban J connectivity index is 1.05. The third-order valence-corrected chi connectivity index (χ3v) is 8.88. The van der Waals surface area contributed by atoms with Crippen molar-refractivity contribution in [1.29, 1.82) is 0 Å². The number of H-pyrrole nitrogens is 1. The van der Waals surface area contributed by atoms with E-state index in [2.05, 4.69) is 20.6 Å². The molecule has 4 aliphatic rings. The van der Waals surface area contributed by atoms with E-state index in [-0.39, 0.29) is 23.0 Å². The monoisotopic (exact) mass is 504 g/mol. The molecule has 0 unspecified atom stereocenters. The topological polar surface area (TPSA) is 96.1 Å². The molecule has 188 valence electrons. The first kappa shape index (κ1) is 23.4. The number of nitrogens with one attached hydrogen (secondary N) is 3. The number of carbonyl (C=O) groups excluding carboxylic acids is 2. The molecule has 0 atom stereocenters. The minimum Gasteiger partial charge on any atom is -0.494 e. The number of benzene rings is 2. The second-order valence-electron chi connectivity index (χ2n) is 10.7. The molecule has 7 rings (SSSR count). The number of anilines is 2. The van der Waals surface area contributed by atoms with Gasteiger partial charge in [0.15, 0.2) is 5.16 Å². The summed E-state index contributed by atoms with van der Waals surface area (Å²) in [6, 6.07) is 13.2. The number of nitrogens with zero attached hydrogens (tertiary/aromatic N) is 1. The molecule has 4 aliphatic carbocycles. The number of hydrogen-bond donors (Lipinski definition) is 3. The van der Waals surface area contributed by atoms with Gasteiger partial charge < -0.3 is 20.4 Å². The highest BCUT2D eigenvalue weighted by atomic mass is 32.2. The highest BCUT2D eigenvalue weighted by molar-refractivity contribution is 7.99. The summed E-state index contributed by atoms with van der Waals surface area (Å²) in [4.78, 5) is 33.8. The predicted molar refractivity (Wildman–Crippen MR) is 142 cm³/mol. The van der Waals surface area contributed by atoms with Gasteiger partial charge in [0.2, 0.25) is 11.8 Å². The van der Waals surface area contributed by atoms with Crippen LogP contribution in [-0.4, -0.2) is 34.1 Å². The molecule has 0 aliphatic heterocycles. The van der Waals surface area contributed by atoms with Crippen molar-refractivity contribution in [3.8, 4) is 5.75 Å². The normalized spacial score (nSPS) is 26.2. The van der Waals surface area contributed by atoms with E-state index < -0.39 is 0 Å². The number of ether oxygens (including phenoxy) is 1. The maximum absolute atomic E-state index is 13.4. The van der Waals surface area contributed by atoms with E-state index in [0.717, 1.165) is 59.5 Å². The van der Waals surface area contributed by atoms with Crippen LogP contribution in [0.5, 0.6) is 5.75 Å². The van der Waals surface area contributed by atoms with Crippen molar-refractivity contribution < 1.29 is 14.3 Å². The molecule has 1 aromatic heterocycles. The van der Waals surface area contributed by atoms with Crippen LogP contribution in [0.2, 0.25) is 0 Å². The third kappa shape index (κ3) is 4.71. The molecule has 0 radical (unpaired) electrons. The van der Waals surface area contributed by atoms with Crippen molar-refractivity contribution in [2.24, 2.45) is 23.2 Å². The van der Waals surface area contributed by atoms with Gasteiger partial charge >= 0.3 is 0 Å². The summed E-state index contributed by atoms with van der Waals surface area (Å²) in [5.74, 6) is 3.23. The number of hydrogen-bond acceptors (Lipinski definition) is 5. The summed E-state index contributed by atoms with van der Waals surface area (Å²) >= 11 is 1.35. The number of fused-ring (bicyclic) bond motifs is 1. The van der Waals surface area contributed by atoms with Crippen LogP contribution in [0.25, 0.3) is 11.0 Å². The molecular formula is C28H32N4O3S. The van der Waals surface area contributed by atoms with Gasteiger partial charge in [-0.25, -0.2) is 4.98 Å². The molecule has 36 heavy (non-hydrogen) atoms. The molecule has 2 amide bonds. The average molecular weight is 505 g/mol. The van der Waals surface area contributed by atoms with Crippen molar-refractivity contribution in [2.75, 3.05) is 23.0 Å². The fourth-order valence-electron chi connectivity index (χ4n) is 6.95. The maximum atomic E-state index is 13.4. The summed E-state index contributed by atoms with van der Waals surface area (Å²) in [6.45, 7) is 2.55. The Morgan fingerprint density at radius 1 is 1.03 bits per heavy atom. The molecule has 3 N–H and O–H groups in total. The van der Waals surface area contributed by atoms with Crippen molar-refractivity contribution in [3.63, 3.8) is 0 Å². The van der Waals surface area contributed by atoms with Crippen molar-refractivity contribution in [3.05, 3.63) is 42.5 Å². The van der Waals surface area contributed by atoms with Gasteiger partial charge in [-0.2, -0.15) is 0 Å². The smallest absolute Gasteiger partial charge is 0.234 e. The Morgan fingerprint density at radius 2 is 1.72 bits per heavy atom. The zero-order valence-corrected chi connectivity index (χ0v) is 21.3. The first-order valence-electron chi connectivity index (χ1n) is 12.9. The lowest BCUT2D eigenvalue weighted by Gasteiger charge is -2.55. The molecule has 0 saturated heterocycles. The SMILES string of the molecule is CCOc1ccc2nc(SCC(=O)Nc3cccc(NC(=O)C45CC6CC(CC(C6)C4)C5)c3)[nH]c2c1. The molecule has 4 bridgehead atoms. The van der Waals surface area contributed by atoms with Gasteiger partial charge in [0, 0.05) is 17.4 Å². The molecule has 1 heterocycles. The minimum absolute atomic E-state index is 0.125. The van der Waals surface area contributed by atoms with Gasteiger partial charge in [-0.1, -0.05) is 17.8 Å². The summed E-state index contributed by atoms with van der Waals surface area (Å²) in [5, 5.41) is 6.81. The fourth-order valence-corrected chi connectivity index (χ4v) is 7.63. The lowest BCUT2D eigenvalue weighted by Crippen LogP contribution is -2.51. The Hall–Kier alpha value is -3.00. The lowest BCUT2D eigenvalue weighted by molar-refractivity contribution is -0.140. The number of rotatable bonds is 8. The summed E-state index contributed by atoms with van der Waals surface area (Å²) in [5.41, 5.74) is 2.94. The van der Waals surface area contributed by atoms with E-state index in [4.69, 9.17) is 4.74 Å². The van der Waals surface area contributed by atoms with Crippen LogP contribution in [0.3, 0.4) is 0 Å². The first-order valence-corrected chi connectivity index (χ1v) is 13.9. The number of thioether (sulfide) groups is 1. The van der Waals surface area contributed by atoms with Gasteiger partial charge in [0.25, 0.3) is 0 Å². The summed E-state index contributed by atoms with van der Waals surface area (Å²) < 4.78 is 5.54. The van der Waals surface area contributed by atoms with Gasteiger partial charge in [-0.3, -0.25) is 9.59 Å². The molecule has 3 aromatic rings. The zero-order valence-electron chi connectivity index (χ0n) is 20.5. The van der Waals surface area contributed by atoms with Gasteiger partial charge in [-0.15, -0.1) is 0 Å². The summed E-state index contributed by atoms with van der Waals surface area (Å²) in [6.07, 6.45) is 7.05. The van der Waals surface area contributed by atoms with Crippen LogP contribution < -0.4 is 15.4 Å². The first-order chi connectivity index (χ1) is 17.5. The second kappa shape index (κ2) is 9.47. The summed E-state index contributed by atoms with van der Waals surface area (Å²) in [7, 11) is 0. The molecule has 8 heteroatoms. The number of imidazole rings is 1. The number of carbonyl (C=O) groups is 2. The van der Waals surface area contributed by atoms with Crippen LogP contribution in [0.4, 0.5) is 11.4 Å². The number of amides is 2. The molecule has 7 nitrogen and oxygen atoms in total. The van der Waals surface area contributed by atoms with E-state index in [1.807, 2.05) is 49.4 Å². The maximum Gasteiger partial charge on any atom is 0.234 e. The second-order valence-corrected chi connectivity index (χ2v) is 11.7. The van der Waals surface area contributed by atoms with Crippen LogP contribution in [0, 0.1) is 23.2 Å². The largest absolute Gasteiger partial charge is 0.494 e. The van der Waals surface area contributed by atoms with Crippen LogP contribution in [-0.2, 0) is 9.59 Å². The Bertz CT molecular complexity index is 1270. The minimum atomic E-state index is -0.194. The Morgan fingerprint density at radius 3 is 2.42 bits per heavy atom. The quantitative estimate of drug-likeness (QED) is 0.335. The standard InChI is InChI=1S/C28H32N4O3S/c1-2-35-22-6-7-23-24(12-22)32-27(31-23)36-16-25(33)29-20-4-3-5-21(11-20)30-26(34)28-13-17-8-18(14-28)10-19(9-17)15-28/h3-7,11-12,17-19H,2,8-10,13-16H2,1H3,(H,29,33)(H,30,34)(H,31,32). The van der Waals surface area contributed by atoms with Gasteiger partial charge in [0.1, 0.15) is 5.75 Å². The Labute approximate surface area is 215 Å². The third-order valence-electron chi connectivity index (χ3n) is 8.01. The van der Waals surface area contributed by atoms with E-state index in [1.165, 1.54) is 31.0 Å². The predicted octanol–water partition coefficient (Wildman–Crippen LogP) is 5.85. The van der Waals surface area contributed by atoms with E-state index in [1.54, 1.807) is 0 Å². The van der Waals surface area contributed by atoms with E-state index in [9.17, 15) is 9.59 Å². The highest BCUT2D eigenvalue weighted by Crippen LogP contribution is 2.60. The van der Waals surface area contributed by atoms with E-state index >= 15 is 0 Å². The lowest BCUT2D eigenvalue weighted by atomic mass is 9.49. The number of aromatic amines is 1. The van der Waals surface area contributed by atoms with Crippen molar-refractivity contribution in [1.82, 2.24) is 9.97 Å². The molecular weight excluding hydrogens is 472 g/mol. The zero-order chi connectivity index (χ0) is 24.7. The molecule has 4 fully saturated rings. The average Bonchev–Trinajstić information content (AvgIpc) is 3.25. The fraction of sp³-hybridized carbons (Fsp3) is 0.464. The van der Waals surface area contributed by atoms with Crippen LogP contribution >= 0.6 is 11.8 Å². The van der Waals surface area contributed by atoms with E-state index in [0.29, 0.717) is 17.5 Å². The molecule has 2 aromatic carbocycles. The Kier molecular flexibility index (Phi) is 6.15. The van der Waals surface area contributed by atoms with Crippen molar-refractivity contribution >= 4 is 46.0 Å². The van der Waals surface area contributed by atoms with Gasteiger partial charge in [-0.05, 0) is 93.5 Å². The van der Waals surface area contributed by atoms with Crippen molar-refractivity contribution in [2.45, 2.75) is 50.6 Å². The number of aromatic nitrogens is 2. The van der Waals surface area contributed by atoms with Crippen LogP contribution in [0.15, 0.2) is 47.6 Å². The molecule has 4 saturated carbocycles. The van der Waals surface area contributed by atoms with Crippen LogP contribution in [0.1, 0.15) is 45.4 Å². The highest BCUT2D eigenvalue weighted by Gasteiger charge is 2.54. The molecule has 0 spiro atoms. The van der Waals surface area contributed by atoms with Gasteiger partial charge in [0.05, 0.1) is 28.8 Å².